The van der Waals surface area contributed by atoms with Gasteiger partial charge in [0.2, 0.25) is 0 Å². The van der Waals surface area contributed by atoms with Gasteiger partial charge in [-0.25, -0.2) is 0 Å². The van der Waals surface area contributed by atoms with Crippen molar-refractivity contribution in [2.24, 2.45) is 5.92 Å². The third-order valence-corrected chi connectivity index (χ3v) is 14.6. The molecule has 0 nitrogen and oxygen atoms in total. The van der Waals surface area contributed by atoms with E-state index >= 15 is 0 Å². The predicted molar refractivity (Wildman–Crippen MR) is 235 cm³/mol. The van der Waals surface area contributed by atoms with Crippen molar-refractivity contribution in [2.45, 2.75) is 46.2 Å². The van der Waals surface area contributed by atoms with Crippen molar-refractivity contribution in [3.63, 3.8) is 0 Å². The predicted octanol–water partition coefficient (Wildman–Crippen LogP) is 7.88. The molecular formula is C49H54P2. The average Bonchev–Trinajstić information content (AvgIpc) is 3.17. The topological polar surface area (TPSA) is 0 Å². The molecule has 260 valence electrons. The van der Waals surface area contributed by atoms with Gasteiger partial charge >= 0.3 is 0 Å². The maximum absolute atomic E-state index is 4.43. The fourth-order valence-corrected chi connectivity index (χ4v) is 12.3. The molecule has 0 saturated carbocycles. The first-order valence-corrected chi connectivity index (χ1v) is 22.2. The molecule has 3 atom stereocenters. The van der Waals surface area contributed by atoms with Gasteiger partial charge in [-0.1, -0.05) is 166 Å². The highest BCUT2D eigenvalue weighted by atomic mass is 31.1. The van der Waals surface area contributed by atoms with E-state index in [4.69, 9.17) is 0 Å². The minimum Gasteiger partial charge on any atom is -0.0985 e. The number of hydrogen-bond donors (Lipinski definition) is 0. The summed E-state index contributed by atoms with van der Waals surface area (Å²) < 4.78 is 0. The SMILES string of the molecule is C=CC(=C)/C(C=C)=C/c1c(CP(C)c2ccccc2P(C)C[C@@H]2CC=c3ccccc3=C2c2c(C)ccc3c2=CCCC=3)ccc(=C)c1=C.CC. The summed E-state index contributed by atoms with van der Waals surface area (Å²) in [6.07, 6.45) is 18.7. The van der Waals surface area contributed by atoms with Crippen LogP contribution in [0.1, 0.15) is 55.4 Å². The Morgan fingerprint density at radius 3 is 2.20 bits per heavy atom. The number of rotatable bonds is 11. The van der Waals surface area contributed by atoms with Gasteiger partial charge in [0.1, 0.15) is 0 Å². The smallest absolute Gasteiger partial charge is 0.00289 e. The van der Waals surface area contributed by atoms with Gasteiger partial charge in [-0.15, -0.1) is 0 Å². The van der Waals surface area contributed by atoms with Crippen molar-refractivity contribution in [3.8, 4) is 0 Å². The Balaban J connectivity index is 0.00000248. The summed E-state index contributed by atoms with van der Waals surface area (Å²) in [5.41, 5.74) is 8.66. The normalized spacial score (nSPS) is 16.1. The quantitative estimate of drug-likeness (QED) is 0.110. The molecule has 2 aliphatic rings. The van der Waals surface area contributed by atoms with E-state index in [0.717, 1.165) is 52.6 Å². The molecule has 0 aromatic heterocycles. The fraction of sp³-hybridized carbons (Fsp3) is 0.224. The number of fused-ring (bicyclic) bond motifs is 2. The molecule has 6 rings (SSSR count). The van der Waals surface area contributed by atoms with E-state index in [1.807, 2.05) is 19.9 Å². The fourth-order valence-electron chi connectivity index (χ4n) is 7.51. The molecule has 0 heterocycles. The van der Waals surface area contributed by atoms with Crippen LogP contribution in [0.5, 0.6) is 0 Å². The van der Waals surface area contributed by atoms with Gasteiger partial charge < -0.3 is 0 Å². The van der Waals surface area contributed by atoms with E-state index < -0.39 is 15.8 Å². The number of allylic oxidation sites excluding steroid dienone is 4. The van der Waals surface area contributed by atoms with Crippen molar-refractivity contribution in [3.05, 3.63) is 169 Å². The third kappa shape index (κ3) is 8.20. The first-order valence-electron chi connectivity index (χ1n) is 18.3. The summed E-state index contributed by atoms with van der Waals surface area (Å²) in [7, 11) is -0.890. The molecule has 4 aromatic carbocycles. The molecule has 2 unspecified atom stereocenters. The summed E-state index contributed by atoms with van der Waals surface area (Å²) in [5.74, 6) is 0.466. The molecule has 0 amide bonds. The Kier molecular flexibility index (Phi) is 13.0. The number of benzene rings is 4. The van der Waals surface area contributed by atoms with Crippen molar-refractivity contribution < 1.29 is 0 Å². The van der Waals surface area contributed by atoms with Crippen LogP contribution in [0, 0.1) is 12.8 Å². The summed E-state index contributed by atoms with van der Waals surface area (Å²) in [4.78, 5) is 0. The van der Waals surface area contributed by atoms with Gasteiger partial charge in [0.25, 0.3) is 0 Å². The first kappa shape index (κ1) is 38.2. The second kappa shape index (κ2) is 17.4. The highest BCUT2D eigenvalue weighted by Gasteiger charge is 2.26. The maximum atomic E-state index is 4.43. The Hall–Kier alpha value is -4.08. The van der Waals surface area contributed by atoms with Crippen LogP contribution in [-0.2, 0) is 6.16 Å². The zero-order valence-corrected chi connectivity index (χ0v) is 33.2. The van der Waals surface area contributed by atoms with Crippen molar-refractivity contribution in [2.75, 3.05) is 19.5 Å². The van der Waals surface area contributed by atoms with Crippen LogP contribution in [-0.4, -0.2) is 19.5 Å². The Bertz CT molecular complexity index is 2350. The second-order valence-electron chi connectivity index (χ2n) is 13.4. The minimum absolute atomic E-state index is 0.413. The van der Waals surface area contributed by atoms with Gasteiger partial charge in [0, 0.05) is 0 Å². The Labute approximate surface area is 309 Å². The standard InChI is InChI=1S/C47H48P2.C2H6/c1-9-32(3)36(10-2)29-43-35(6)33(4)23-26-39(43)30-48(7)44-21-15-16-22-45(44)49(8)31-40-28-27-38-18-12-14-20-42(38)47(40)46-34(5)24-25-37-17-11-13-19-41(37)46;1-2/h9-10,12,14-27,29,40H,1-4,6,11,13,28,30-31H2,5,7-8H3;1-2H3/b36-29+;/t40-,48?,49?;/m0./s1. The van der Waals surface area contributed by atoms with Crippen LogP contribution in [0.25, 0.3) is 43.0 Å². The molecular weight excluding hydrogens is 650 g/mol. The summed E-state index contributed by atoms with van der Waals surface area (Å²) in [6, 6.07) is 27.4. The van der Waals surface area contributed by atoms with Crippen molar-refractivity contribution in [1.29, 1.82) is 0 Å². The van der Waals surface area contributed by atoms with Gasteiger partial charge in [0.05, 0.1) is 0 Å². The lowest BCUT2D eigenvalue weighted by atomic mass is 9.82. The lowest BCUT2D eigenvalue weighted by molar-refractivity contribution is 0.781. The molecule has 0 fully saturated rings. The zero-order valence-electron chi connectivity index (χ0n) is 31.4. The third-order valence-electron chi connectivity index (χ3n) is 10.2. The van der Waals surface area contributed by atoms with Gasteiger partial charge in [-0.3, -0.25) is 0 Å². The highest BCUT2D eigenvalue weighted by molar-refractivity contribution is 7.71. The Morgan fingerprint density at radius 1 is 0.784 bits per heavy atom. The number of aryl methyl sites for hydroxylation is 1. The lowest BCUT2D eigenvalue weighted by Crippen LogP contribution is -2.39. The lowest BCUT2D eigenvalue weighted by Gasteiger charge is -2.29. The Morgan fingerprint density at radius 2 is 1.47 bits per heavy atom. The van der Waals surface area contributed by atoms with Gasteiger partial charge in [0.15, 0.2) is 0 Å². The van der Waals surface area contributed by atoms with Crippen LogP contribution < -0.4 is 41.9 Å². The second-order valence-corrected chi connectivity index (χ2v) is 17.9. The molecule has 0 saturated heterocycles. The monoisotopic (exact) mass is 704 g/mol. The molecule has 0 radical (unpaired) electrons. The minimum atomic E-state index is -0.477. The maximum Gasteiger partial charge on any atom is -0.00289 e. The van der Waals surface area contributed by atoms with E-state index in [0.29, 0.717) is 5.92 Å². The number of hydrogen-bond acceptors (Lipinski definition) is 0. The van der Waals surface area contributed by atoms with Crippen molar-refractivity contribution >= 4 is 69.5 Å². The summed E-state index contributed by atoms with van der Waals surface area (Å²) in [6.45, 7) is 32.1. The largest absolute Gasteiger partial charge is 0.0985 e. The van der Waals surface area contributed by atoms with Gasteiger partial charge in [-0.2, -0.15) is 0 Å². The molecule has 2 aliphatic carbocycles. The van der Waals surface area contributed by atoms with E-state index in [1.165, 1.54) is 49.0 Å². The molecule has 2 heteroatoms. The molecule has 4 aromatic rings. The van der Waals surface area contributed by atoms with E-state index in [9.17, 15) is 0 Å². The van der Waals surface area contributed by atoms with Crippen molar-refractivity contribution in [1.82, 2.24) is 0 Å². The van der Waals surface area contributed by atoms with Crippen LogP contribution in [0.3, 0.4) is 0 Å². The summed E-state index contributed by atoms with van der Waals surface area (Å²) >= 11 is 0. The average molecular weight is 705 g/mol. The van der Waals surface area contributed by atoms with E-state index in [2.05, 4.69) is 150 Å². The molecule has 0 bridgehead atoms. The summed E-state index contributed by atoms with van der Waals surface area (Å²) in [5, 5.41) is 10.6. The van der Waals surface area contributed by atoms with Crippen LogP contribution >= 0.6 is 15.8 Å². The molecule has 0 N–H and O–H groups in total. The van der Waals surface area contributed by atoms with Crippen LogP contribution in [0.15, 0.2) is 116 Å². The van der Waals surface area contributed by atoms with E-state index in [1.54, 1.807) is 17.0 Å². The highest BCUT2D eigenvalue weighted by Crippen LogP contribution is 2.42. The van der Waals surface area contributed by atoms with Crippen LogP contribution in [0.4, 0.5) is 0 Å². The molecule has 0 aliphatic heterocycles. The molecule has 0 spiro atoms. The zero-order chi connectivity index (χ0) is 36.7. The molecule has 51 heavy (non-hydrogen) atoms. The van der Waals surface area contributed by atoms with Gasteiger partial charge in [-0.05, 0) is 145 Å². The van der Waals surface area contributed by atoms with Crippen LogP contribution in [0.2, 0.25) is 0 Å². The first-order chi connectivity index (χ1) is 24.7. The van der Waals surface area contributed by atoms with E-state index in [-0.39, 0.29) is 0 Å².